The van der Waals surface area contributed by atoms with Gasteiger partial charge in [0.2, 0.25) is 12.4 Å². The molecule has 190 valence electrons. The number of carbonyl (C=O) groups excluding carboxylic acids is 4. The molecule has 0 radical (unpaired) electrons. The molecule has 1 aliphatic rings. The largest absolute Gasteiger partial charge is 0.455 e. The number of rotatable bonds is 5. The summed E-state index contributed by atoms with van der Waals surface area (Å²) >= 11 is 0. The molecule has 0 N–H and O–H groups in total. The molecule has 1 heterocycles. The van der Waals surface area contributed by atoms with Crippen molar-refractivity contribution in [2.75, 3.05) is 0 Å². The third-order valence-corrected chi connectivity index (χ3v) is 4.84. The van der Waals surface area contributed by atoms with Crippen LogP contribution in [-0.2, 0) is 42.9 Å². The van der Waals surface area contributed by atoms with Crippen molar-refractivity contribution in [2.45, 2.75) is 113 Å². The van der Waals surface area contributed by atoms with Crippen LogP contribution in [0.4, 0.5) is 0 Å². The molecular weight excluding hydrogens is 432 g/mol. The maximum Gasteiger partial charge on any atom is 0.311 e. The molecule has 9 nitrogen and oxygen atoms in total. The van der Waals surface area contributed by atoms with Gasteiger partial charge in [-0.1, -0.05) is 6.92 Å². The first-order valence-corrected chi connectivity index (χ1v) is 11.2. The van der Waals surface area contributed by atoms with Crippen molar-refractivity contribution in [1.82, 2.24) is 0 Å². The van der Waals surface area contributed by atoms with E-state index in [1.807, 2.05) is 0 Å². The van der Waals surface area contributed by atoms with Gasteiger partial charge in [-0.2, -0.15) is 0 Å². The Bertz CT molecular complexity index is 737. The van der Waals surface area contributed by atoms with Crippen molar-refractivity contribution in [3.8, 4) is 0 Å². The maximum absolute atomic E-state index is 12.9. The Morgan fingerprint density at radius 3 is 1.33 bits per heavy atom. The molecule has 0 amide bonds. The SMILES string of the molecule is CCC1OC(OC(C)=O)C(OC(=O)C(C)(C)C)C(OC(=O)C(C)(C)C)C1OC(=O)C(C)(C)C. The fourth-order valence-electron chi connectivity index (χ4n) is 2.77. The Balaban J connectivity index is 3.55. The van der Waals surface area contributed by atoms with Gasteiger partial charge in [-0.25, -0.2) is 0 Å². The van der Waals surface area contributed by atoms with E-state index in [0.717, 1.165) is 0 Å². The number of ether oxygens (including phenoxy) is 5. The van der Waals surface area contributed by atoms with Gasteiger partial charge in [-0.05, 0) is 68.7 Å². The van der Waals surface area contributed by atoms with Crippen LogP contribution in [0.2, 0.25) is 0 Å². The molecule has 1 saturated heterocycles. The summed E-state index contributed by atoms with van der Waals surface area (Å²) in [6.07, 6.45) is -5.45. The molecule has 0 aromatic carbocycles. The Hall–Kier alpha value is -2.16. The Morgan fingerprint density at radius 1 is 0.636 bits per heavy atom. The summed E-state index contributed by atoms with van der Waals surface area (Å²) < 4.78 is 28.4. The Labute approximate surface area is 196 Å². The van der Waals surface area contributed by atoms with Crippen molar-refractivity contribution < 1.29 is 42.9 Å². The summed E-state index contributed by atoms with van der Waals surface area (Å²) in [5.41, 5.74) is -2.64. The van der Waals surface area contributed by atoms with E-state index in [4.69, 9.17) is 23.7 Å². The van der Waals surface area contributed by atoms with Crippen molar-refractivity contribution in [3.05, 3.63) is 0 Å². The smallest absolute Gasteiger partial charge is 0.311 e. The molecule has 33 heavy (non-hydrogen) atoms. The molecule has 1 fully saturated rings. The van der Waals surface area contributed by atoms with E-state index in [1.54, 1.807) is 69.2 Å². The highest BCUT2D eigenvalue weighted by Gasteiger charge is 2.54. The maximum atomic E-state index is 12.9. The van der Waals surface area contributed by atoms with Gasteiger partial charge in [-0.15, -0.1) is 0 Å². The highest BCUT2D eigenvalue weighted by atomic mass is 16.7. The number of hydrogen-bond donors (Lipinski definition) is 0. The zero-order chi connectivity index (χ0) is 25.9. The van der Waals surface area contributed by atoms with Gasteiger partial charge in [0.05, 0.1) is 16.2 Å². The average Bonchev–Trinajstić information content (AvgIpc) is 2.62. The molecule has 5 atom stereocenters. The third-order valence-electron chi connectivity index (χ3n) is 4.84. The van der Waals surface area contributed by atoms with Gasteiger partial charge < -0.3 is 23.7 Å². The van der Waals surface area contributed by atoms with E-state index in [-0.39, 0.29) is 0 Å². The van der Waals surface area contributed by atoms with Gasteiger partial charge in [0.1, 0.15) is 6.10 Å². The molecular formula is C24H40O9. The quantitative estimate of drug-likeness (QED) is 0.437. The first kappa shape index (κ1) is 28.9. The van der Waals surface area contributed by atoms with E-state index in [9.17, 15) is 19.2 Å². The predicted octanol–water partition coefficient (Wildman–Crippen LogP) is 3.56. The van der Waals surface area contributed by atoms with E-state index in [0.29, 0.717) is 6.42 Å². The second-order valence-corrected chi connectivity index (χ2v) is 11.4. The Morgan fingerprint density at radius 2 is 1.00 bits per heavy atom. The average molecular weight is 473 g/mol. The van der Waals surface area contributed by atoms with Crippen LogP contribution in [0.15, 0.2) is 0 Å². The van der Waals surface area contributed by atoms with E-state index in [2.05, 4.69) is 0 Å². The summed E-state index contributed by atoms with van der Waals surface area (Å²) in [6.45, 7) is 18.0. The van der Waals surface area contributed by atoms with Gasteiger partial charge in [-0.3, -0.25) is 19.2 Å². The lowest BCUT2D eigenvalue weighted by Gasteiger charge is -2.45. The standard InChI is InChI=1S/C24H40O9/c1-12-14-15(31-19(26)22(3,4)5)16(32-20(27)23(6,7)8)17(18(30-14)29-13(2)25)33-21(28)24(9,10)11/h14-18H,12H2,1-11H3. The molecule has 9 heteroatoms. The van der Waals surface area contributed by atoms with Crippen molar-refractivity contribution in [2.24, 2.45) is 16.2 Å². The van der Waals surface area contributed by atoms with Gasteiger partial charge in [0.15, 0.2) is 12.2 Å². The minimum Gasteiger partial charge on any atom is -0.455 e. The van der Waals surface area contributed by atoms with Gasteiger partial charge >= 0.3 is 23.9 Å². The topological polar surface area (TPSA) is 114 Å². The first-order chi connectivity index (χ1) is 14.8. The molecule has 0 spiro atoms. The normalized spacial score (nSPS) is 26.2. The molecule has 0 aromatic heterocycles. The molecule has 0 saturated carbocycles. The minimum atomic E-state index is -1.35. The van der Waals surface area contributed by atoms with Crippen LogP contribution < -0.4 is 0 Å². The second-order valence-electron chi connectivity index (χ2n) is 11.4. The molecule has 0 aliphatic carbocycles. The highest BCUT2D eigenvalue weighted by Crippen LogP contribution is 2.34. The highest BCUT2D eigenvalue weighted by molar-refractivity contribution is 5.77. The molecule has 0 aromatic rings. The van der Waals surface area contributed by atoms with E-state index < -0.39 is 70.8 Å². The zero-order valence-electron chi connectivity index (χ0n) is 21.8. The van der Waals surface area contributed by atoms with Crippen molar-refractivity contribution in [3.63, 3.8) is 0 Å². The summed E-state index contributed by atoms with van der Waals surface area (Å²) in [6, 6.07) is 0. The molecule has 1 rings (SSSR count). The fraction of sp³-hybridized carbons (Fsp3) is 0.833. The number of carbonyl (C=O) groups is 4. The second kappa shape index (κ2) is 10.4. The van der Waals surface area contributed by atoms with E-state index in [1.165, 1.54) is 6.92 Å². The van der Waals surface area contributed by atoms with Gasteiger partial charge in [0, 0.05) is 6.92 Å². The molecule has 0 bridgehead atoms. The first-order valence-electron chi connectivity index (χ1n) is 11.2. The summed E-state index contributed by atoms with van der Waals surface area (Å²) in [5, 5.41) is 0. The predicted molar refractivity (Wildman–Crippen MR) is 119 cm³/mol. The molecule has 5 unspecified atom stereocenters. The van der Waals surface area contributed by atoms with Crippen LogP contribution in [0.25, 0.3) is 0 Å². The summed E-state index contributed by atoms with van der Waals surface area (Å²) in [7, 11) is 0. The van der Waals surface area contributed by atoms with Crippen molar-refractivity contribution in [1.29, 1.82) is 0 Å². The van der Waals surface area contributed by atoms with Crippen LogP contribution in [0.5, 0.6) is 0 Å². The van der Waals surface area contributed by atoms with Crippen molar-refractivity contribution >= 4 is 23.9 Å². The lowest BCUT2D eigenvalue weighted by molar-refractivity contribution is -0.300. The minimum absolute atomic E-state index is 0.351. The monoisotopic (exact) mass is 472 g/mol. The van der Waals surface area contributed by atoms with Gasteiger partial charge in [0.25, 0.3) is 0 Å². The lowest BCUT2D eigenvalue weighted by atomic mass is 9.92. The fourth-order valence-corrected chi connectivity index (χ4v) is 2.77. The van der Waals surface area contributed by atoms with Crippen LogP contribution in [0.3, 0.4) is 0 Å². The van der Waals surface area contributed by atoms with E-state index >= 15 is 0 Å². The Kier molecular flexibility index (Phi) is 9.10. The van der Waals surface area contributed by atoms with Crippen LogP contribution in [0, 0.1) is 16.2 Å². The lowest BCUT2D eigenvalue weighted by Crippen LogP contribution is -2.63. The van der Waals surface area contributed by atoms with Crippen LogP contribution >= 0.6 is 0 Å². The summed E-state index contributed by atoms with van der Waals surface area (Å²) in [4.78, 5) is 50.2. The zero-order valence-corrected chi connectivity index (χ0v) is 21.8. The van der Waals surface area contributed by atoms with Crippen LogP contribution in [-0.4, -0.2) is 54.6 Å². The number of esters is 4. The summed E-state index contributed by atoms with van der Waals surface area (Å²) in [5.74, 6) is -2.43. The van der Waals surface area contributed by atoms with Crippen LogP contribution in [0.1, 0.15) is 82.6 Å². The molecule has 1 aliphatic heterocycles. The third kappa shape index (κ3) is 7.98. The number of hydrogen-bond acceptors (Lipinski definition) is 9.